The lowest BCUT2D eigenvalue weighted by molar-refractivity contribution is -0.140. The van der Waals surface area contributed by atoms with Crippen molar-refractivity contribution in [3.63, 3.8) is 0 Å². The first-order chi connectivity index (χ1) is 16.2. The van der Waals surface area contributed by atoms with Crippen molar-refractivity contribution < 1.29 is 22.8 Å². The van der Waals surface area contributed by atoms with Crippen LogP contribution in [-0.2, 0) is 37.2 Å². The second-order valence-electron chi connectivity index (χ2n) is 8.63. The third-order valence-corrected chi connectivity index (χ3v) is 8.02. The average molecular weight is 507 g/mol. The number of nitrogens with one attached hydrogen (secondary N) is 3. The maximum Gasteiger partial charge on any atom is 0.289 e. The first-order valence-electron chi connectivity index (χ1n) is 11.3. The lowest BCUT2D eigenvalue weighted by atomic mass is 9.98. The van der Waals surface area contributed by atoms with Crippen LogP contribution in [0.25, 0.3) is 0 Å². The Labute approximate surface area is 203 Å². The lowest BCUT2D eigenvalue weighted by Gasteiger charge is -2.25. The highest BCUT2D eigenvalue weighted by molar-refractivity contribution is 7.89. The summed E-state index contributed by atoms with van der Waals surface area (Å²) in [5.74, 6) is -2.61. The Kier molecular flexibility index (Phi) is 8.92. The van der Waals surface area contributed by atoms with Crippen molar-refractivity contribution in [2.24, 2.45) is 5.92 Å². The Hall–Kier alpha value is -2.63. The van der Waals surface area contributed by atoms with E-state index in [0.29, 0.717) is 6.54 Å². The van der Waals surface area contributed by atoms with Gasteiger partial charge in [0, 0.05) is 24.0 Å². The monoisotopic (exact) mass is 506 g/mol. The molecule has 2 heterocycles. The summed E-state index contributed by atoms with van der Waals surface area (Å²) in [6, 6.07) is 5.47. The Morgan fingerprint density at radius 2 is 1.88 bits per heavy atom. The molecule has 184 valence electrons. The zero-order valence-corrected chi connectivity index (χ0v) is 20.9. The number of rotatable bonds is 6. The highest BCUT2D eigenvalue weighted by Crippen LogP contribution is 2.20. The van der Waals surface area contributed by atoms with E-state index in [1.165, 1.54) is 23.7 Å². The molecule has 0 fully saturated rings. The number of benzene rings is 1. The van der Waals surface area contributed by atoms with Crippen LogP contribution in [0.15, 0.2) is 41.4 Å². The first-order valence-corrected chi connectivity index (χ1v) is 13.6. The van der Waals surface area contributed by atoms with E-state index >= 15 is 0 Å². The van der Waals surface area contributed by atoms with E-state index < -0.39 is 45.6 Å². The zero-order chi connectivity index (χ0) is 24.7. The molecule has 0 spiro atoms. The minimum Gasteiger partial charge on any atom is -0.349 e. The van der Waals surface area contributed by atoms with E-state index in [1.807, 2.05) is 0 Å². The molecule has 2 unspecified atom stereocenters. The van der Waals surface area contributed by atoms with Crippen LogP contribution in [0.1, 0.15) is 43.6 Å². The van der Waals surface area contributed by atoms with Gasteiger partial charge in [-0.05, 0) is 54.4 Å². The number of ketones is 1. The molecule has 1 aliphatic rings. The topological polar surface area (TPSA) is 134 Å². The Bertz CT molecular complexity index is 1120. The van der Waals surface area contributed by atoms with Crippen LogP contribution in [0.2, 0.25) is 0 Å². The van der Waals surface area contributed by atoms with Crippen molar-refractivity contribution in [1.29, 1.82) is 0 Å². The van der Waals surface area contributed by atoms with Crippen molar-refractivity contribution >= 4 is 39.2 Å². The van der Waals surface area contributed by atoms with Gasteiger partial charge in [0.2, 0.25) is 21.7 Å². The molecule has 0 radical (unpaired) electrons. The fourth-order valence-corrected chi connectivity index (χ4v) is 5.87. The molecule has 1 aromatic heterocycles. The first kappa shape index (κ1) is 26.0. The van der Waals surface area contributed by atoms with Gasteiger partial charge in [-0.1, -0.05) is 38.5 Å². The van der Waals surface area contributed by atoms with Crippen molar-refractivity contribution in [2.75, 3.05) is 6.54 Å². The quantitative estimate of drug-likeness (QED) is 0.510. The summed E-state index contributed by atoms with van der Waals surface area (Å²) in [5, 5.41) is 5.26. The predicted octanol–water partition coefficient (Wildman–Crippen LogP) is 1.59. The summed E-state index contributed by atoms with van der Waals surface area (Å²) < 4.78 is 32.3. The number of aromatic nitrogens is 1. The van der Waals surface area contributed by atoms with Crippen LogP contribution in [-0.4, -0.2) is 49.0 Å². The second-order valence-corrected chi connectivity index (χ2v) is 11.2. The van der Waals surface area contributed by atoms with Crippen molar-refractivity contribution in [1.82, 2.24) is 19.7 Å². The number of hydrogen-bond donors (Lipinski definition) is 3. The van der Waals surface area contributed by atoms with Crippen LogP contribution in [0.5, 0.6) is 0 Å². The Morgan fingerprint density at radius 1 is 1.15 bits per heavy atom. The molecule has 0 saturated carbocycles. The molecule has 1 aromatic carbocycles. The molecule has 0 bridgehead atoms. The van der Waals surface area contributed by atoms with E-state index in [4.69, 9.17) is 0 Å². The van der Waals surface area contributed by atoms with Crippen LogP contribution < -0.4 is 15.4 Å². The standard InChI is InChI=1S/C23H30N4O5S2/c1-15(2)20(27-34(31,32)17-9-5-3-6-10-17)22(29)26-18-13-16-14-25-33-19(16)11-7-4-8-12-24-23(30)21(18)28/h3,5-6,9-10,14-15,18,20,27H,4,7-8,11-13H2,1-2H3,(H,24,30)(H,26,29). The average Bonchev–Trinajstić information content (AvgIpc) is 3.25. The fourth-order valence-electron chi connectivity index (χ4n) is 3.71. The highest BCUT2D eigenvalue weighted by atomic mass is 32.2. The van der Waals surface area contributed by atoms with Gasteiger partial charge in [0.05, 0.1) is 4.90 Å². The number of carbonyl (C=O) groups excluding carboxylic acids is 3. The van der Waals surface area contributed by atoms with E-state index in [9.17, 15) is 22.8 Å². The maximum atomic E-state index is 13.2. The van der Waals surface area contributed by atoms with E-state index in [2.05, 4.69) is 19.7 Å². The molecule has 2 atom stereocenters. The van der Waals surface area contributed by atoms with Gasteiger partial charge in [0.1, 0.15) is 12.1 Å². The maximum absolute atomic E-state index is 13.2. The van der Waals surface area contributed by atoms with Crippen LogP contribution in [0.3, 0.4) is 0 Å². The zero-order valence-electron chi connectivity index (χ0n) is 19.2. The summed E-state index contributed by atoms with van der Waals surface area (Å²) in [5.41, 5.74) is 0.808. The summed E-state index contributed by atoms with van der Waals surface area (Å²) in [7, 11) is -3.97. The van der Waals surface area contributed by atoms with Gasteiger partial charge in [0.15, 0.2) is 0 Å². The molecule has 9 nitrogen and oxygen atoms in total. The largest absolute Gasteiger partial charge is 0.349 e. The van der Waals surface area contributed by atoms with Crippen LogP contribution in [0, 0.1) is 5.92 Å². The molecule has 2 aromatic rings. The summed E-state index contributed by atoms with van der Waals surface area (Å²) in [6.45, 7) is 3.79. The SMILES string of the molecule is CC(C)C(NS(=O)(=O)c1ccccc1)C(=O)NC1Cc2cnsc2CCCCCNC(=O)C1=O. The molecule has 1 aliphatic heterocycles. The number of amides is 2. The fraction of sp³-hybridized carbons (Fsp3) is 0.478. The van der Waals surface area contributed by atoms with Crippen LogP contribution >= 0.6 is 11.5 Å². The number of hydrogen-bond acceptors (Lipinski definition) is 7. The van der Waals surface area contributed by atoms with Crippen molar-refractivity contribution in [3.05, 3.63) is 47.0 Å². The van der Waals surface area contributed by atoms with Crippen molar-refractivity contribution in [2.45, 2.75) is 62.9 Å². The Balaban J connectivity index is 1.83. The number of Topliss-reactive ketones (excluding diaryl/α,β-unsaturated/α-hetero) is 1. The van der Waals surface area contributed by atoms with Gasteiger partial charge >= 0.3 is 0 Å². The summed E-state index contributed by atoms with van der Waals surface area (Å²) >= 11 is 1.35. The van der Waals surface area contributed by atoms with Gasteiger partial charge < -0.3 is 10.6 Å². The molecule has 34 heavy (non-hydrogen) atoms. The minimum atomic E-state index is -3.97. The number of aryl methyl sites for hydroxylation is 1. The highest BCUT2D eigenvalue weighted by Gasteiger charge is 2.34. The van der Waals surface area contributed by atoms with E-state index in [-0.39, 0.29) is 11.3 Å². The molecule has 0 saturated heterocycles. The second kappa shape index (κ2) is 11.7. The molecule has 11 heteroatoms. The predicted molar refractivity (Wildman–Crippen MR) is 129 cm³/mol. The summed E-state index contributed by atoms with van der Waals surface area (Å²) in [6.07, 6.45) is 5.19. The van der Waals surface area contributed by atoms with Gasteiger partial charge in [-0.2, -0.15) is 4.72 Å². The third kappa shape index (κ3) is 6.71. The number of carbonyl (C=O) groups is 3. The number of sulfonamides is 1. The van der Waals surface area contributed by atoms with E-state index in [0.717, 1.165) is 36.1 Å². The van der Waals surface area contributed by atoms with Crippen molar-refractivity contribution in [3.8, 4) is 0 Å². The lowest BCUT2D eigenvalue weighted by Crippen LogP contribution is -2.56. The Morgan fingerprint density at radius 3 is 2.59 bits per heavy atom. The van der Waals surface area contributed by atoms with Gasteiger partial charge in [-0.25, -0.2) is 12.8 Å². The molecule has 3 rings (SSSR count). The molecule has 3 N–H and O–H groups in total. The molecule has 2 amide bonds. The molecule has 0 aliphatic carbocycles. The van der Waals surface area contributed by atoms with Gasteiger partial charge in [0.25, 0.3) is 5.91 Å². The minimum absolute atomic E-state index is 0.0314. The number of fused-ring (bicyclic) bond motifs is 1. The van der Waals surface area contributed by atoms with Gasteiger partial charge in [-0.15, -0.1) is 0 Å². The third-order valence-electron chi connectivity index (χ3n) is 5.66. The normalized spacial score (nSPS) is 18.9. The van der Waals surface area contributed by atoms with Gasteiger partial charge in [-0.3, -0.25) is 14.4 Å². The molecular formula is C23H30N4O5S2. The number of nitrogens with zero attached hydrogens (tertiary/aromatic N) is 1. The molecular weight excluding hydrogens is 476 g/mol. The smallest absolute Gasteiger partial charge is 0.289 e. The summed E-state index contributed by atoms with van der Waals surface area (Å²) in [4.78, 5) is 39.7. The van der Waals surface area contributed by atoms with E-state index in [1.54, 1.807) is 38.2 Å². The van der Waals surface area contributed by atoms with Crippen LogP contribution in [0.4, 0.5) is 0 Å².